The molecule has 16 heavy (non-hydrogen) atoms. The minimum Gasteiger partial charge on any atom is -0.299 e. The van der Waals surface area contributed by atoms with E-state index in [-0.39, 0.29) is 17.6 Å². The van der Waals surface area contributed by atoms with Crippen molar-refractivity contribution in [3.8, 4) is 0 Å². The van der Waals surface area contributed by atoms with Crippen LogP contribution in [-0.4, -0.2) is 11.6 Å². The zero-order valence-electron chi connectivity index (χ0n) is 9.74. The van der Waals surface area contributed by atoms with Gasteiger partial charge in [-0.15, -0.1) is 0 Å². The number of carbonyl (C=O) groups excluding carboxylic acids is 2. The highest BCUT2D eigenvalue weighted by Gasteiger charge is 2.48. The van der Waals surface area contributed by atoms with Crippen molar-refractivity contribution in [3.05, 3.63) is 11.6 Å². The summed E-state index contributed by atoms with van der Waals surface area (Å²) >= 11 is 0. The van der Waals surface area contributed by atoms with Crippen LogP contribution in [0.25, 0.3) is 0 Å². The minimum absolute atomic E-state index is 0.0301. The topological polar surface area (TPSA) is 34.1 Å². The van der Waals surface area contributed by atoms with E-state index in [1.165, 1.54) is 12.8 Å². The molecule has 2 fully saturated rings. The van der Waals surface area contributed by atoms with Crippen LogP contribution in [0.4, 0.5) is 0 Å². The number of Topliss-reactive ketones (excluding diaryl/α,β-unsaturated/α-hetero) is 2. The van der Waals surface area contributed by atoms with Gasteiger partial charge < -0.3 is 0 Å². The lowest BCUT2D eigenvalue weighted by Crippen LogP contribution is -2.26. The Morgan fingerprint density at radius 3 is 2.56 bits per heavy atom. The first-order valence-corrected chi connectivity index (χ1v) is 6.45. The first-order valence-electron chi connectivity index (χ1n) is 6.45. The van der Waals surface area contributed by atoms with Crippen molar-refractivity contribution < 1.29 is 9.59 Å². The molecule has 3 aliphatic carbocycles. The Kier molecular flexibility index (Phi) is 2.27. The molecule has 3 aliphatic rings. The van der Waals surface area contributed by atoms with E-state index < -0.39 is 0 Å². The number of carbonyl (C=O) groups is 2. The van der Waals surface area contributed by atoms with Gasteiger partial charge in [-0.05, 0) is 44.4 Å². The van der Waals surface area contributed by atoms with E-state index in [9.17, 15) is 9.59 Å². The molecule has 86 valence electrons. The quantitative estimate of drug-likeness (QED) is 0.729. The molecule has 2 heteroatoms. The SMILES string of the molecule is CC(=O)C1=C[C@H]2CCC[C@H]2[C@@H]1C(=O)C1CC1. The molecule has 0 N–H and O–H groups in total. The van der Waals surface area contributed by atoms with Crippen LogP contribution in [0.3, 0.4) is 0 Å². The largest absolute Gasteiger partial charge is 0.299 e. The van der Waals surface area contributed by atoms with Gasteiger partial charge in [0, 0.05) is 17.4 Å². The molecule has 0 saturated heterocycles. The summed E-state index contributed by atoms with van der Waals surface area (Å²) in [6.07, 6.45) is 7.77. The predicted octanol–water partition coefficient (Wildman–Crippen LogP) is 2.53. The van der Waals surface area contributed by atoms with Crippen molar-refractivity contribution in [2.24, 2.45) is 23.7 Å². The Bertz CT molecular complexity index is 376. The fraction of sp³-hybridized carbons (Fsp3) is 0.714. The standard InChI is InChI=1S/C14H18O2/c1-8(15)12-7-10-3-2-4-11(10)13(12)14(16)9-5-6-9/h7,9-11,13H,2-6H2,1H3/t10-,11-,13+/m1/s1. The third-order valence-electron chi connectivity index (χ3n) is 4.47. The molecule has 0 unspecified atom stereocenters. The van der Waals surface area contributed by atoms with Crippen molar-refractivity contribution >= 4 is 11.6 Å². The first-order chi connectivity index (χ1) is 7.68. The van der Waals surface area contributed by atoms with E-state index in [2.05, 4.69) is 6.08 Å². The lowest BCUT2D eigenvalue weighted by Gasteiger charge is -2.19. The molecule has 0 aliphatic heterocycles. The summed E-state index contributed by atoms with van der Waals surface area (Å²) in [5.74, 6) is 1.73. The zero-order valence-corrected chi connectivity index (χ0v) is 9.74. The zero-order chi connectivity index (χ0) is 11.3. The minimum atomic E-state index is -0.0301. The molecule has 3 atom stereocenters. The fourth-order valence-corrected chi connectivity index (χ4v) is 3.53. The van der Waals surface area contributed by atoms with Crippen molar-refractivity contribution in [2.45, 2.75) is 39.0 Å². The van der Waals surface area contributed by atoms with E-state index >= 15 is 0 Å². The highest BCUT2D eigenvalue weighted by molar-refractivity contribution is 6.02. The molecule has 0 bridgehead atoms. The number of fused-ring (bicyclic) bond motifs is 1. The molecule has 0 aromatic rings. The maximum absolute atomic E-state index is 12.3. The maximum atomic E-state index is 12.3. The van der Waals surface area contributed by atoms with Crippen molar-refractivity contribution in [3.63, 3.8) is 0 Å². The number of rotatable bonds is 3. The van der Waals surface area contributed by atoms with E-state index in [1.54, 1.807) is 6.92 Å². The predicted molar refractivity (Wildman–Crippen MR) is 60.8 cm³/mol. The Balaban J connectivity index is 1.90. The molecule has 0 heterocycles. The molecule has 2 saturated carbocycles. The van der Waals surface area contributed by atoms with Crippen LogP contribution < -0.4 is 0 Å². The average Bonchev–Trinajstić information content (AvgIpc) is 2.87. The molecular formula is C14H18O2. The smallest absolute Gasteiger partial charge is 0.156 e. The summed E-state index contributed by atoms with van der Waals surface area (Å²) in [6, 6.07) is 0. The van der Waals surface area contributed by atoms with Crippen LogP contribution in [0.5, 0.6) is 0 Å². The summed E-state index contributed by atoms with van der Waals surface area (Å²) in [5, 5.41) is 0. The monoisotopic (exact) mass is 218 g/mol. The van der Waals surface area contributed by atoms with Gasteiger partial charge >= 0.3 is 0 Å². The number of ketones is 2. The van der Waals surface area contributed by atoms with Gasteiger partial charge in [-0.25, -0.2) is 0 Å². The van der Waals surface area contributed by atoms with Crippen LogP contribution in [-0.2, 0) is 9.59 Å². The lowest BCUT2D eigenvalue weighted by molar-refractivity contribution is -0.126. The lowest BCUT2D eigenvalue weighted by atomic mass is 9.82. The van der Waals surface area contributed by atoms with E-state index in [0.29, 0.717) is 17.6 Å². The summed E-state index contributed by atoms with van der Waals surface area (Å²) in [4.78, 5) is 23.9. The highest BCUT2D eigenvalue weighted by Crippen LogP contribution is 2.50. The van der Waals surface area contributed by atoms with Crippen molar-refractivity contribution in [1.82, 2.24) is 0 Å². The molecule has 2 nitrogen and oxygen atoms in total. The van der Waals surface area contributed by atoms with Crippen LogP contribution >= 0.6 is 0 Å². The average molecular weight is 218 g/mol. The van der Waals surface area contributed by atoms with Gasteiger partial charge in [0.25, 0.3) is 0 Å². The second-order valence-corrected chi connectivity index (χ2v) is 5.59. The van der Waals surface area contributed by atoms with Gasteiger partial charge in [0.05, 0.1) is 0 Å². The molecule has 3 rings (SSSR count). The summed E-state index contributed by atoms with van der Waals surface area (Å²) in [6.45, 7) is 1.61. The highest BCUT2D eigenvalue weighted by atomic mass is 16.1. The van der Waals surface area contributed by atoms with Crippen LogP contribution in [0, 0.1) is 23.7 Å². The Hall–Kier alpha value is -0.920. The third kappa shape index (κ3) is 1.47. The van der Waals surface area contributed by atoms with Gasteiger partial charge in [0.15, 0.2) is 5.78 Å². The van der Waals surface area contributed by atoms with Crippen LogP contribution in [0.1, 0.15) is 39.0 Å². The van der Waals surface area contributed by atoms with Gasteiger partial charge in [0.1, 0.15) is 5.78 Å². The number of hydrogen-bond acceptors (Lipinski definition) is 2. The van der Waals surface area contributed by atoms with E-state index in [4.69, 9.17) is 0 Å². The Morgan fingerprint density at radius 1 is 1.19 bits per heavy atom. The first kappa shape index (κ1) is 10.2. The molecule has 0 amide bonds. The van der Waals surface area contributed by atoms with Crippen molar-refractivity contribution in [2.75, 3.05) is 0 Å². The second-order valence-electron chi connectivity index (χ2n) is 5.59. The maximum Gasteiger partial charge on any atom is 0.156 e. The number of allylic oxidation sites excluding steroid dienone is 2. The molecule has 0 aromatic carbocycles. The summed E-state index contributed by atoms with van der Waals surface area (Å²) in [5.41, 5.74) is 0.839. The Morgan fingerprint density at radius 2 is 1.94 bits per heavy atom. The summed E-state index contributed by atoms with van der Waals surface area (Å²) in [7, 11) is 0. The molecule has 0 spiro atoms. The normalized spacial score (nSPS) is 37.1. The Labute approximate surface area is 96.1 Å². The number of hydrogen-bond donors (Lipinski definition) is 0. The fourth-order valence-electron chi connectivity index (χ4n) is 3.53. The van der Waals surface area contributed by atoms with E-state index in [1.807, 2.05) is 0 Å². The summed E-state index contributed by atoms with van der Waals surface area (Å²) < 4.78 is 0. The third-order valence-corrected chi connectivity index (χ3v) is 4.47. The second kappa shape index (κ2) is 3.54. The van der Waals surface area contributed by atoms with Gasteiger partial charge in [0.2, 0.25) is 0 Å². The molecule has 0 radical (unpaired) electrons. The van der Waals surface area contributed by atoms with Crippen molar-refractivity contribution in [1.29, 1.82) is 0 Å². The van der Waals surface area contributed by atoms with Gasteiger partial charge in [-0.3, -0.25) is 9.59 Å². The molecule has 0 aromatic heterocycles. The van der Waals surface area contributed by atoms with Gasteiger partial charge in [-0.1, -0.05) is 12.5 Å². The molecular weight excluding hydrogens is 200 g/mol. The van der Waals surface area contributed by atoms with E-state index in [0.717, 1.165) is 24.8 Å². The van der Waals surface area contributed by atoms with Crippen LogP contribution in [0.2, 0.25) is 0 Å². The van der Waals surface area contributed by atoms with Crippen LogP contribution in [0.15, 0.2) is 11.6 Å². The van der Waals surface area contributed by atoms with Gasteiger partial charge in [-0.2, -0.15) is 0 Å².